The molecule has 3 aromatic heterocycles. The quantitative estimate of drug-likeness (QED) is 0.0210. The summed E-state index contributed by atoms with van der Waals surface area (Å²) in [5.41, 5.74) is 14.0. The summed E-state index contributed by atoms with van der Waals surface area (Å²) in [6, 6.07) is -8.78. The number of H-pyrrole nitrogens is 3. The molecule has 0 bridgehead atoms. The van der Waals surface area contributed by atoms with Gasteiger partial charge in [-0.1, -0.05) is 64.4 Å². The Hall–Kier alpha value is -10.3. The van der Waals surface area contributed by atoms with E-state index < -0.39 is 180 Å². The van der Waals surface area contributed by atoms with Gasteiger partial charge < -0.3 is 104 Å². The molecule has 4 aliphatic heterocycles. The fraction of sp³-hybridized carbons (Fsp3) is 0.618. The number of aliphatic hydroxyl groups is 1. The minimum absolute atomic E-state index is 0.0290. The highest BCUT2D eigenvalue weighted by Gasteiger charge is 2.47. The van der Waals surface area contributed by atoms with Crippen LogP contribution in [0.2, 0.25) is 0 Å². The second kappa shape index (κ2) is 43.8. The first-order chi connectivity index (χ1) is 54.6. The second-order valence-corrected chi connectivity index (χ2v) is 31.1. The van der Waals surface area contributed by atoms with Crippen LogP contribution < -0.4 is 59.3 Å². The molecule has 15 atom stereocenters. The van der Waals surface area contributed by atoms with Crippen molar-refractivity contribution in [3.05, 3.63) is 90.5 Å². The van der Waals surface area contributed by atoms with Gasteiger partial charge in [-0.2, -0.15) is 11.8 Å². The van der Waals surface area contributed by atoms with Crippen molar-refractivity contribution in [3.8, 4) is 0 Å². The van der Waals surface area contributed by atoms with Gasteiger partial charge in [0.25, 0.3) is 0 Å². The lowest BCUT2D eigenvalue weighted by atomic mass is 9.97. The molecule has 114 heavy (non-hydrogen) atoms. The number of hydrogen-bond acceptors (Lipinski definition) is 21. The summed E-state index contributed by atoms with van der Waals surface area (Å²) >= 11 is 1.36. The molecule has 4 saturated heterocycles. The van der Waals surface area contributed by atoms with Crippen LogP contribution in [-0.2, 0) is 92.8 Å². The molecule has 8 rings (SSSR count). The summed E-state index contributed by atoms with van der Waals surface area (Å²) in [5.74, 6) is -10.9. The van der Waals surface area contributed by atoms with E-state index in [4.69, 9.17) is 11.5 Å². The van der Waals surface area contributed by atoms with Gasteiger partial charge in [0.05, 0.1) is 31.6 Å². The molecule has 0 spiro atoms. The van der Waals surface area contributed by atoms with Crippen molar-refractivity contribution in [2.24, 2.45) is 23.3 Å². The molecule has 13 amide bonds. The molecule has 0 aliphatic carbocycles. The highest BCUT2D eigenvalue weighted by Crippen LogP contribution is 2.29. The lowest BCUT2D eigenvalue weighted by Crippen LogP contribution is -2.61. The van der Waals surface area contributed by atoms with E-state index in [2.05, 4.69) is 77.8 Å². The van der Waals surface area contributed by atoms with Gasteiger partial charge in [0.15, 0.2) is 0 Å². The fourth-order valence-corrected chi connectivity index (χ4v) is 15.3. The molecule has 1 aromatic carbocycles. The Morgan fingerprint density at radius 1 is 0.509 bits per heavy atom. The van der Waals surface area contributed by atoms with E-state index in [1.54, 1.807) is 63.6 Å². The van der Waals surface area contributed by atoms with Crippen molar-refractivity contribution in [1.82, 2.24) is 97.4 Å². The van der Waals surface area contributed by atoms with Crippen molar-refractivity contribution in [3.63, 3.8) is 0 Å². The van der Waals surface area contributed by atoms with Crippen LogP contribution in [0.4, 0.5) is 0 Å². The maximum absolute atomic E-state index is 14.8. The Labute approximate surface area is 666 Å². The number of aliphatic hydroxyl groups excluding tert-OH is 1. The molecule has 0 radical (unpaired) electrons. The lowest BCUT2D eigenvalue weighted by Gasteiger charge is -2.34. The van der Waals surface area contributed by atoms with Crippen LogP contribution in [0.15, 0.2) is 67.9 Å². The number of benzene rings is 1. The number of imidazole rings is 3. The van der Waals surface area contributed by atoms with Crippen LogP contribution in [0.3, 0.4) is 0 Å². The van der Waals surface area contributed by atoms with E-state index in [1.165, 1.54) is 69.7 Å². The van der Waals surface area contributed by atoms with Gasteiger partial charge in [-0.15, -0.1) is 0 Å². The summed E-state index contributed by atoms with van der Waals surface area (Å²) in [6.07, 6.45) is 14.6. The van der Waals surface area contributed by atoms with Crippen LogP contribution in [0.1, 0.15) is 147 Å². The number of carbonyl (C=O) groups excluding carboxylic acids is 13. The number of rotatable bonds is 43. The van der Waals surface area contributed by atoms with Crippen molar-refractivity contribution in [2.75, 3.05) is 51.3 Å². The van der Waals surface area contributed by atoms with Crippen LogP contribution in [0.5, 0.6) is 0 Å². The third kappa shape index (κ3) is 24.8. The lowest BCUT2D eigenvalue weighted by molar-refractivity contribution is -0.149. The van der Waals surface area contributed by atoms with Gasteiger partial charge in [-0.05, 0) is 126 Å². The molecule has 4 aromatic rings. The first kappa shape index (κ1) is 89.2. The SMILES string of the molecule is CC[C@H](C)[C@H](NC(=O)[C@H](C)NC(=O)[C@H](CCSC)NC(=O)[C@H](Cc1ccccc1)NC(=O)[C@H](CO)NC(=O)[C@H](CC(C)C)NC(=O)[C@H](Cc1cnc[nH]1)NC(=O)[C@@H]1CCCN1C(=O)[C@H](Cc1cnc[nH]1)NC(=O)[C@@H]1CCCN1C(=O)[C@@H](N)Cc1cnc[nH]1)C(=O)N1CCC[C@H]1C(=O)N1CCC[C@H]1C(=O)N[C@@H](CCCCN)C(=O)O. The maximum Gasteiger partial charge on any atom is 0.326 e. The second-order valence-electron chi connectivity index (χ2n) is 30.1. The standard InChI is InChI=1S/C76H113N21O16S/c1-7-44(4)62(75(111)97-29-16-23-61(97)74(110)96-28-15-22-60(96)69(105)87-52(76(112)113)19-11-12-25-77)93-63(99)45(5)85-64(100)51(24-30-114-6)86-66(102)54(32-46-17-9-8-10-18-46)89-68(104)57(39-98)92-65(101)53(31-43(2)3)88-67(103)55(34-48-37-80-41-83-48)90-70(106)59-21-14-27-95(59)73(109)56(35-49-38-81-42-84-49)91-71(107)58-20-13-26-94(58)72(108)50(78)33-47-36-79-40-82-47/h8-10,17-18,36-38,40-45,50-62,98H,7,11-16,19-35,39,77-78H2,1-6H3,(H,79,82)(H,80,83)(H,81,84)(H,85,100)(H,86,102)(H,87,105)(H,88,103)(H,89,104)(H,90,106)(H,91,107)(H,92,101)(H,93,99)(H,112,113)/t44-,45-,50-,51-,52-,53-,54-,55-,56-,57-,58-,59-,60-,61-,62-/m0/s1. The van der Waals surface area contributed by atoms with Crippen LogP contribution in [-0.4, -0.2) is 278 Å². The van der Waals surface area contributed by atoms with Gasteiger partial charge in [-0.3, -0.25) is 62.3 Å². The number of carboxylic acid groups (broad SMARTS) is 1. The number of carbonyl (C=O) groups is 14. The molecule has 4 fully saturated rings. The highest BCUT2D eigenvalue weighted by molar-refractivity contribution is 7.98. The third-order valence-corrected chi connectivity index (χ3v) is 21.9. The van der Waals surface area contributed by atoms with E-state index in [0.29, 0.717) is 86.3 Å². The largest absolute Gasteiger partial charge is 0.480 e. The summed E-state index contributed by atoms with van der Waals surface area (Å²) < 4.78 is 0. The van der Waals surface area contributed by atoms with Gasteiger partial charge in [0.2, 0.25) is 76.8 Å². The van der Waals surface area contributed by atoms with Crippen molar-refractivity contribution >= 4 is 94.5 Å². The maximum atomic E-state index is 14.8. The summed E-state index contributed by atoms with van der Waals surface area (Å²) in [6.45, 7) is 8.60. The number of nitrogens with two attached hydrogens (primary N) is 2. The van der Waals surface area contributed by atoms with Crippen LogP contribution in [0, 0.1) is 11.8 Å². The van der Waals surface area contributed by atoms with Gasteiger partial charge in [0, 0.05) is 87.5 Å². The van der Waals surface area contributed by atoms with Gasteiger partial charge in [0.1, 0.15) is 78.5 Å². The number of nitrogens with zero attached hydrogens (tertiary/aromatic N) is 7. The predicted molar refractivity (Wildman–Crippen MR) is 417 cm³/mol. The predicted octanol–water partition coefficient (Wildman–Crippen LogP) is -2.15. The molecule has 0 saturated carbocycles. The summed E-state index contributed by atoms with van der Waals surface area (Å²) in [4.78, 5) is 226. The topological polar surface area (TPSA) is 539 Å². The number of carboxylic acids is 1. The Kier molecular flexibility index (Phi) is 34.3. The zero-order valence-electron chi connectivity index (χ0n) is 65.6. The third-order valence-electron chi connectivity index (χ3n) is 21.3. The Morgan fingerprint density at radius 2 is 0.965 bits per heavy atom. The molecule has 7 heterocycles. The monoisotopic (exact) mass is 1610 g/mol. The molecule has 18 N–H and O–H groups in total. The van der Waals surface area contributed by atoms with E-state index in [0.717, 1.165) is 0 Å². The number of aromatic amines is 3. The molecule has 0 unspecified atom stereocenters. The zero-order valence-corrected chi connectivity index (χ0v) is 66.4. The molecular weight excluding hydrogens is 1500 g/mol. The Balaban J connectivity index is 0.909. The first-order valence-corrected chi connectivity index (χ1v) is 40.7. The normalized spacial score (nSPS) is 19.7. The number of amides is 13. The number of nitrogens with one attached hydrogen (secondary N) is 12. The van der Waals surface area contributed by atoms with Crippen molar-refractivity contribution in [2.45, 2.75) is 235 Å². The number of unbranched alkanes of at least 4 members (excludes halogenated alkanes) is 1. The van der Waals surface area contributed by atoms with Crippen LogP contribution >= 0.6 is 11.8 Å². The van der Waals surface area contributed by atoms with Crippen molar-refractivity contribution in [1.29, 1.82) is 0 Å². The summed E-state index contributed by atoms with van der Waals surface area (Å²) in [7, 11) is 0. The number of aromatic nitrogens is 6. The highest BCUT2D eigenvalue weighted by atomic mass is 32.2. The molecule has 4 aliphatic rings. The van der Waals surface area contributed by atoms with E-state index in [9.17, 15) is 77.3 Å². The van der Waals surface area contributed by atoms with Gasteiger partial charge in [-0.25, -0.2) is 19.7 Å². The number of thioether (sulfide) groups is 1. The average molecular weight is 1610 g/mol. The smallest absolute Gasteiger partial charge is 0.326 e. The Morgan fingerprint density at radius 3 is 1.49 bits per heavy atom. The fourth-order valence-electron chi connectivity index (χ4n) is 14.8. The zero-order chi connectivity index (χ0) is 82.7. The van der Waals surface area contributed by atoms with E-state index in [1.807, 2.05) is 6.92 Å². The first-order valence-electron chi connectivity index (χ1n) is 39.3. The minimum atomic E-state index is -1.75. The van der Waals surface area contributed by atoms with E-state index >= 15 is 0 Å². The minimum Gasteiger partial charge on any atom is -0.480 e. The Bertz CT molecular complexity index is 3890. The molecule has 38 heteroatoms. The molecular formula is C76H113N21O16S. The molecule has 624 valence electrons. The number of aliphatic carboxylic acids is 1. The molecule has 37 nitrogen and oxygen atoms in total. The van der Waals surface area contributed by atoms with Gasteiger partial charge >= 0.3 is 5.97 Å². The van der Waals surface area contributed by atoms with E-state index in [-0.39, 0.29) is 96.3 Å². The number of likely N-dealkylation sites (tertiary alicyclic amines) is 4. The average Bonchev–Trinajstić information content (AvgIpc) is 1.61. The van der Waals surface area contributed by atoms with Crippen molar-refractivity contribution < 1.29 is 77.3 Å². The van der Waals surface area contributed by atoms with Crippen LogP contribution in [0.25, 0.3) is 0 Å². The number of hydrogen-bond donors (Lipinski definition) is 16. The summed E-state index contributed by atoms with van der Waals surface area (Å²) in [5, 5.41) is 45.0.